The van der Waals surface area contributed by atoms with E-state index in [9.17, 15) is 4.79 Å². The topological polar surface area (TPSA) is 42.0 Å². The van der Waals surface area contributed by atoms with E-state index in [0.29, 0.717) is 12.1 Å². The second-order valence-corrected chi connectivity index (χ2v) is 7.49. The van der Waals surface area contributed by atoms with E-state index < -0.39 is 0 Å². The van der Waals surface area contributed by atoms with Crippen LogP contribution in [0.1, 0.15) is 37.6 Å². The normalized spacial score (nSPS) is 10.7. The number of thiazole rings is 1. The van der Waals surface area contributed by atoms with Crippen molar-refractivity contribution in [2.24, 2.45) is 0 Å². The molecule has 2 aromatic carbocycles. The monoisotopic (exact) mass is 350 g/mol. The van der Waals surface area contributed by atoms with Crippen LogP contribution in [0.25, 0.3) is 10.6 Å². The first-order chi connectivity index (χ1) is 11.9. The molecule has 3 rings (SSSR count). The molecule has 128 valence electrons. The summed E-state index contributed by atoms with van der Waals surface area (Å²) in [6.45, 7) is 8.60. The molecule has 0 aliphatic heterocycles. The Kier molecular flexibility index (Phi) is 5.00. The van der Waals surface area contributed by atoms with Crippen LogP contribution in [0.3, 0.4) is 0 Å². The molecule has 3 aromatic rings. The predicted molar refractivity (Wildman–Crippen MR) is 104 cm³/mol. The number of carbonyl (C=O) groups is 1. The van der Waals surface area contributed by atoms with Crippen molar-refractivity contribution in [3.63, 3.8) is 0 Å². The highest BCUT2D eigenvalue weighted by atomic mass is 32.1. The highest BCUT2D eigenvalue weighted by Crippen LogP contribution is 2.30. The molecule has 0 fully saturated rings. The van der Waals surface area contributed by atoms with Gasteiger partial charge in [0.1, 0.15) is 5.01 Å². The van der Waals surface area contributed by atoms with Crippen molar-refractivity contribution in [2.75, 3.05) is 0 Å². The van der Waals surface area contributed by atoms with Crippen molar-refractivity contribution in [3.8, 4) is 10.6 Å². The minimum absolute atomic E-state index is 0.0444. The van der Waals surface area contributed by atoms with E-state index in [1.807, 2.05) is 45.0 Å². The van der Waals surface area contributed by atoms with E-state index in [4.69, 9.17) is 0 Å². The number of hydrogen-bond acceptors (Lipinski definition) is 3. The molecule has 1 heterocycles. The van der Waals surface area contributed by atoms with Gasteiger partial charge in [0.05, 0.1) is 12.2 Å². The minimum atomic E-state index is -0.0444. The molecule has 0 aliphatic carbocycles. The first-order valence-electron chi connectivity index (χ1n) is 8.33. The first-order valence-corrected chi connectivity index (χ1v) is 9.14. The van der Waals surface area contributed by atoms with Crippen molar-refractivity contribution >= 4 is 17.2 Å². The number of rotatable bonds is 4. The second-order valence-electron chi connectivity index (χ2n) is 6.40. The zero-order valence-electron chi connectivity index (χ0n) is 15.0. The van der Waals surface area contributed by atoms with Crippen LogP contribution in [-0.2, 0) is 6.54 Å². The molecule has 0 unspecified atom stereocenters. The van der Waals surface area contributed by atoms with Gasteiger partial charge in [-0.25, -0.2) is 4.98 Å². The molecule has 1 aromatic heterocycles. The molecule has 3 nitrogen and oxygen atoms in total. The average Bonchev–Trinajstić information content (AvgIpc) is 2.93. The van der Waals surface area contributed by atoms with Crippen LogP contribution >= 0.6 is 11.3 Å². The molecule has 0 saturated heterocycles. The standard InChI is InChI=1S/C21H22N2OS/c1-13-9-14(2)11-17(10-13)20(24)22-12-19-16(4)23-21(25-19)18-8-6-5-7-15(18)3/h5-11H,12H2,1-4H3,(H,22,24). The Morgan fingerprint density at radius 3 is 2.40 bits per heavy atom. The van der Waals surface area contributed by atoms with E-state index in [1.165, 1.54) is 5.56 Å². The maximum absolute atomic E-state index is 12.4. The number of amides is 1. The van der Waals surface area contributed by atoms with Gasteiger partial charge in [-0.15, -0.1) is 11.3 Å². The summed E-state index contributed by atoms with van der Waals surface area (Å²) < 4.78 is 0. The van der Waals surface area contributed by atoms with Crippen LogP contribution in [0.15, 0.2) is 42.5 Å². The lowest BCUT2D eigenvalue weighted by Crippen LogP contribution is -2.22. The van der Waals surface area contributed by atoms with Gasteiger partial charge >= 0.3 is 0 Å². The third-order valence-electron chi connectivity index (χ3n) is 4.16. The van der Waals surface area contributed by atoms with Crippen LogP contribution in [0, 0.1) is 27.7 Å². The largest absolute Gasteiger partial charge is 0.347 e. The summed E-state index contributed by atoms with van der Waals surface area (Å²) in [4.78, 5) is 18.2. The Morgan fingerprint density at radius 2 is 1.72 bits per heavy atom. The van der Waals surface area contributed by atoms with E-state index >= 15 is 0 Å². The summed E-state index contributed by atoms with van der Waals surface area (Å²) in [5.41, 5.74) is 6.24. The Bertz CT molecular complexity index is 907. The Labute approximate surface area is 152 Å². The van der Waals surface area contributed by atoms with Crippen molar-refractivity contribution in [1.82, 2.24) is 10.3 Å². The predicted octanol–water partition coefficient (Wildman–Crippen LogP) is 4.97. The summed E-state index contributed by atoms with van der Waals surface area (Å²) in [6, 6.07) is 14.1. The van der Waals surface area contributed by atoms with Crippen LogP contribution in [0.4, 0.5) is 0 Å². The fourth-order valence-corrected chi connectivity index (χ4v) is 3.98. The molecule has 1 N–H and O–H groups in total. The minimum Gasteiger partial charge on any atom is -0.347 e. The number of benzene rings is 2. The van der Waals surface area contributed by atoms with Gasteiger partial charge in [0, 0.05) is 16.0 Å². The van der Waals surface area contributed by atoms with Crippen LogP contribution < -0.4 is 5.32 Å². The summed E-state index contributed by atoms with van der Waals surface area (Å²) in [6.07, 6.45) is 0. The lowest BCUT2D eigenvalue weighted by Gasteiger charge is -2.06. The van der Waals surface area contributed by atoms with Crippen molar-refractivity contribution in [3.05, 3.63) is 75.3 Å². The summed E-state index contributed by atoms with van der Waals surface area (Å²) in [7, 11) is 0. The van der Waals surface area contributed by atoms with Crippen LogP contribution in [0.2, 0.25) is 0 Å². The third kappa shape index (κ3) is 3.97. The Morgan fingerprint density at radius 1 is 1.04 bits per heavy atom. The van der Waals surface area contributed by atoms with Gasteiger partial charge in [0.25, 0.3) is 5.91 Å². The van der Waals surface area contributed by atoms with Gasteiger partial charge in [-0.3, -0.25) is 4.79 Å². The van der Waals surface area contributed by atoms with Gasteiger partial charge < -0.3 is 5.32 Å². The zero-order chi connectivity index (χ0) is 18.0. The molecule has 0 bridgehead atoms. The SMILES string of the molecule is Cc1cc(C)cc(C(=O)NCc2sc(-c3ccccc3C)nc2C)c1. The molecule has 0 radical (unpaired) electrons. The number of aromatic nitrogens is 1. The smallest absolute Gasteiger partial charge is 0.251 e. The maximum atomic E-state index is 12.4. The zero-order valence-corrected chi connectivity index (χ0v) is 15.8. The molecule has 4 heteroatoms. The Hall–Kier alpha value is -2.46. The Balaban J connectivity index is 1.76. The number of nitrogens with zero attached hydrogens (tertiary/aromatic N) is 1. The van der Waals surface area contributed by atoms with Crippen molar-refractivity contribution < 1.29 is 4.79 Å². The van der Waals surface area contributed by atoms with E-state index in [-0.39, 0.29) is 5.91 Å². The quantitative estimate of drug-likeness (QED) is 0.721. The van der Waals surface area contributed by atoms with Crippen molar-refractivity contribution in [1.29, 1.82) is 0 Å². The average molecular weight is 350 g/mol. The van der Waals surface area contributed by atoms with Gasteiger partial charge in [-0.2, -0.15) is 0 Å². The van der Waals surface area contributed by atoms with Gasteiger partial charge in [0.2, 0.25) is 0 Å². The number of aryl methyl sites for hydroxylation is 4. The molecule has 1 amide bonds. The van der Waals surface area contributed by atoms with Gasteiger partial charge in [0.15, 0.2) is 0 Å². The number of hydrogen-bond donors (Lipinski definition) is 1. The molecule has 0 atom stereocenters. The maximum Gasteiger partial charge on any atom is 0.251 e. The summed E-state index contributed by atoms with van der Waals surface area (Å²) in [5, 5.41) is 4.03. The molecular formula is C21H22N2OS. The van der Waals surface area contributed by atoms with Crippen LogP contribution in [-0.4, -0.2) is 10.9 Å². The molecule has 0 spiro atoms. The molecular weight excluding hydrogens is 328 g/mol. The molecule has 25 heavy (non-hydrogen) atoms. The fraction of sp³-hybridized carbons (Fsp3) is 0.238. The lowest BCUT2D eigenvalue weighted by atomic mass is 10.1. The van der Waals surface area contributed by atoms with E-state index in [1.54, 1.807) is 11.3 Å². The van der Waals surface area contributed by atoms with E-state index in [2.05, 4.69) is 35.4 Å². The van der Waals surface area contributed by atoms with E-state index in [0.717, 1.165) is 32.3 Å². The highest BCUT2D eigenvalue weighted by molar-refractivity contribution is 7.15. The molecule has 0 aliphatic rings. The lowest BCUT2D eigenvalue weighted by molar-refractivity contribution is 0.0951. The fourth-order valence-electron chi connectivity index (χ4n) is 2.89. The number of nitrogens with one attached hydrogen (secondary N) is 1. The number of carbonyl (C=O) groups excluding carboxylic acids is 1. The molecule has 0 saturated carbocycles. The van der Waals surface area contributed by atoms with Crippen LogP contribution in [0.5, 0.6) is 0 Å². The first kappa shape index (κ1) is 17.4. The van der Waals surface area contributed by atoms with Crippen molar-refractivity contribution in [2.45, 2.75) is 34.2 Å². The van der Waals surface area contributed by atoms with Gasteiger partial charge in [-0.05, 0) is 45.4 Å². The summed E-state index contributed by atoms with van der Waals surface area (Å²) >= 11 is 1.64. The van der Waals surface area contributed by atoms with Gasteiger partial charge in [-0.1, -0.05) is 41.5 Å². The second kappa shape index (κ2) is 7.19. The summed E-state index contributed by atoms with van der Waals surface area (Å²) in [5.74, 6) is -0.0444. The highest BCUT2D eigenvalue weighted by Gasteiger charge is 2.13. The third-order valence-corrected chi connectivity index (χ3v) is 5.35.